The fourth-order valence-corrected chi connectivity index (χ4v) is 3.68. The first-order valence-corrected chi connectivity index (χ1v) is 8.99. The van der Waals surface area contributed by atoms with Crippen LogP contribution in [-0.2, 0) is 17.6 Å². The topological polar surface area (TPSA) is 91.0 Å². The third-order valence-electron chi connectivity index (χ3n) is 4.30. The van der Waals surface area contributed by atoms with Crippen LogP contribution >= 0.6 is 11.3 Å². The van der Waals surface area contributed by atoms with Gasteiger partial charge in [-0.15, -0.1) is 11.3 Å². The Morgan fingerprint density at radius 2 is 2.25 bits per heavy atom. The van der Waals surface area contributed by atoms with Crippen LogP contribution in [0.2, 0.25) is 0 Å². The number of thiazole rings is 1. The van der Waals surface area contributed by atoms with Gasteiger partial charge in [0.1, 0.15) is 5.82 Å². The van der Waals surface area contributed by atoms with Gasteiger partial charge < -0.3 is 10.3 Å². The number of amides is 1. The van der Waals surface area contributed by atoms with Gasteiger partial charge in [-0.05, 0) is 19.8 Å². The van der Waals surface area contributed by atoms with E-state index in [1.54, 1.807) is 13.1 Å². The summed E-state index contributed by atoms with van der Waals surface area (Å²) in [5, 5.41) is 5.32. The number of fused-ring (bicyclic) bond motifs is 1. The quantitative estimate of drug-likeness (QED) is 0.871. The number of nitrogens with zero attached hydrogens (tertiary/aromatic N) is 3. The van der Waals surface area contributed by atoms with Gasteiger partial charge in [0.05, 0.1) is 11.7 Å². The predicted molar refractivity (Wildman–Crippen MR) is 93.4 cm³/mol. The first-order valence-electron chi connectivity index (χ1n) is 8.11. The summed E-state index contributed by atoms with van der Waals surface area (Å²) in [6.07, 6.45) is 3.67. The molecule has 3 heterocycles. The number of aryl methyl sites for hydroxylation is 1. The Morgan fingerprint density at radius 1 is 1.46 bits per heavy atom. The molecule has 0 spiro atoms. The number of carbonyl (C=O) groups is 1. The van der Waals surface area contributed by atoms with Crippen molar-refractivity contribution in [3.05, 3.63) is 39.0 Å². The van der Waals surface area contributed by atoms with Gasteiger partial charge in [0.15, 0.2) is 5.13 Å². The molecule has 24 heavy (non-hydrogen) atoms. The van der Waals surface area contributed by atoms with Crippen LogP contribution in [0.5, 0.6) is 0 Å². The molecule has 0 saturated carbocycles. The van der Waals surface area contributed by atoms with Crippen molar-refractivity contribution in [2.45, 2.75) is 39.2 Å². The number of aromatic nitrogens is 3. The van der Waals surface area contributed by atoms with Crippen LogP contribution in [0.25, 0.3) is 0 Å². The summed E-state index contributed by atoms with van der Waals surface area (Å²) in [4.78, 5) is 38.2. The molecular weight excluding hydrogens is 326 g/mol. The molecular formula is C16H21N5O2S. The number of H-pyrrole nitrogens is 1. The lowest BCUT2D eigenvalue weighted by molar-refractivity contribution is -0.121. The summed E-state index contributed by atoms with van der Waals surface area (Å²) in [5.74, 6) is 0.595. The zero-order valence-electron chi connectivity index (χ0n) is 13.8. The van der Waals surface area contributed by atoms with Crippen LogP contribution in [0, 0.1) is 6.92 Å². The average molecular weight is 347 g/mol. The second kappa shape index (κ2) is 7.23. The van der Waals surface area contributed by atoms with Crippen molar-refractivity contribution in [3.8, 4) is 0 Å². The third kappa shape index (κ3) is 3.54. The van der Waals surface area contributed by atoms with E-state index in [9.17, 15) is 9.59 Å². The fraction of sp³-hybridized carbons (Fsp3) is 0.500. The van der Waals surface area contributed by atoms with Crippen molar-refractivity contribution in [2.24, 2.45) is 0 Å². The highest BCUT2D eigenvalue weighted by Gasteiger charge is 2.27. The molecule has 1 amide bonds. The molecule has 128 valence electrons. The highest BCUT2D eigenvalue weighted by atomic mass is 32.1. The summed E-state index contributed by atoms with van der Waals surface area (Å²) in [6, 6.07) is -0.233. The molecule has 2 aromatic heterocycles. The van der Waals surface area contributed by atoms with Crippen LogP contribution in [0.15, 0.2) is 16.4 Å². The second-order valence-corrected chi connectivity index (χ2v) is 6.76. The summed E-state index contributed by atoms with van der Waals surface area (Å²) in [5.41, 5.74) is 1.55. The van der Waals surface area contributed by atoms with Gasteiger partial charge in [-0.2, -0.15) is 0 Å². The molecule has 0 fully saturated rings. The molecule has 2 N–H and O–H groups in total. The smallest absolute Gasteiger partial charge is 0.254 e. The molecule has 0 unspecified atom stereocenters. The van der Waals surface area contributed by atoms with Crippen LogP contribution in [0.3, 0.4) is 0 Å². The lowest BCUT2D eigenvalue weighted by Crippen LogP contribution is -2.45. The minimum Gasteiger partial charge on any atom is -0.311 e. The normalized spacial score (nSPS) is 16.2. The SMILES string of the molecule is CC[C@H](C(=O)Nc1nccs1)N1CCc2nc(C)[nH]c(=O)c2CC1. The van der Waals surface area contributed by atoms with Gasteiger partial charge in [-0.1, -0.05) is 6.92 Å². The Morgan fingerprint density at radius 3 is 2.96 bits per heavy atom. The van der Waals surface area contributed by atoms with E-state index < -0.39 is 0 Å². The van der Waals surface area contributed by atoms with Crippen LogP contribution < -0.4 is 10.9 Å². The number of aromatic amines is 1. The summed E-state index contributed by atoms with van der Waals surface area (Å²) in [7, 11) is 0. The Balaban J connectivity index is 1.74. The summed E-state index contributed by atoms with van der Waals surface area (Å²) in [6.45, 7) is 5.18. The summed E-state index contributed by atoms with van der Waals surface area (Å²) < 4.78 is 0. The van der Waals surface area contributed by atoms with E-state index in [0.29, 0.717) is 43.3 Å². The Bertz CT molecular complexity index is 771. The van der Waals surface area contributed by atoms with Crippen LogP contribution in [0.1, 0.15) is 30.4 Å². The lowest BCUT2D eigenvalue weighted by atomic mass is 10.1. The van der Waals surface area contributed by atoms with Gasteiger partial charge in [0.2, 0.25) is 5.91 Å². The maximum absolute atomic E-state index is 12.6. The Labute approximate surface area is 144 Å². The van der Waals surface area contributed by atoms with Crippen molar-refractivity contribution in [1.29, 1.82) is 0 Å². The molecule has 0 radical (unpaired) electrons. The van der Waals surface area contributed by atoms with Gasteiger partial charge in [0, 0.05) is 36.7 Å². The van der Waals surface area contributed by atoms with E-state index in [0.717, 1.165) is 11.3 Å². The van der Waals surface area contributed by atoms with Crippen molar-refractivity contribution < 1.29 is 4.79 Å². The van der Waals surface area contributed by atoms with Crippen molar-refractivity contribution in [3.63, 3.8) is 0 Å². The fourth-order valence-electron chi connectivity index (χ4n) is 3.14. The molecule has 0 bridgehead atoms. The monoisotopic (exact) mass is 347 g/mol. The number of rotatable bonds is 4. The zero-order chi connectivity index (χ0) is 17.1. The Hall–Kier alpha value is -2.06. The first-order chi connectivity index (χ1) is 11.6. The predicted octanol–water partition coefficient (Wildman–Crippen LogP) is 1.35. The lowest BCUT2D eigenvalue weighted by Gasteiger charge is -2.28. The van der Waals surface area contributed by atoms with E-state index in [1.165, 1.54) is 11.3 Å². The highest BCUT2D eigenvalue weighted by molar-refractivity contribution is 7.13. The molecule has 2 aromatic rings. The third-order valence-corrected chi connectivity index (χ3v) is 4.99. The minimum absolute atomic E-state index is 0.0449. The maximum Gasteiger partial charge on any atom is 0.254 e. The van der Waals surface area contributed by atoms with E-state index >= 15 is 0 Å². The number of carbonyl (C=O) groups excluding carboxylic acids is 1. The van der Waals surface area contributed by atoms with E-state index in [4.69, 9.17) is 0 Å². The Kier molecular flexibility index (Phi) is 5.06. The van der Waals surface area contributed by atoms with Crippen molar-refractivity contribution in [1.82, 2.24) is 19.9 Å². The van der Waals surface area contributed by atoms with Gasteiger partial charge in [-0.25, -0.2) is 9.97 Å². The molecule has 1 atom stereocenters. The van der Waals surface area contributed by atoms with Gasteiger partial charge >= 0.3 is 0 Å². The molecule has 7 nitrogen and oxygen atoms in total. The maximum atomic E-state index is 12.6. The van der Waals surface area contributed by atoms with Crippen LogP contribution in [0.4, 0.5) is 5.13 Å². The second-order valence-electron chi connectivity index (χ2n) is 5.86. The van der Waals surface area contributed by atoms with E-state index in [2.05, 4.69) is 25.2 Å². The number of nitrogens with one attached hydrogen (secondary N) is 2. The molecule has 8 heteroatoms. The largest absolute Gasteiger partial charge is 0.311 e. The molecule has 0 aliphatic carbocycles. The van der Waals surface area contributed by atoms with Crippen LogP contribution in [-0.4, -0.2) is 44.9 Å². The number of hydrogen-bond donors (Lipinski definition) is 2. The zero-order valence-corrected chi connectivity index (χ0v) is 14.7. The molecule has 0 saturated heterocycles. The highest BCUT2D eigenvalue weighted by Crippen LogP contribution is 2.17. The van der Waals surface area contributed by atoms with E-state index in [1.807, 2.05) is 12.3 Å². The van der Waals surface area contributed by atoms with Crippen molar-refractivity contribution >= 4 is 22.4 Å². The van der Waals surface area contributed by atoms with Gasteiger partial charge in [0.25, 0.3) is 5.56 Å². The molecule has 1 aliphatic heterocycles. The van der Waals surface area contributed by atoms with Crippen molar-refractivity contribution in [2.75, 3.05) is 18.4 Å². The first kappa shape index (κ1) is 16.8. The molecule has 1 aliphatic rings. The summed E-state index contributed by atoms with van der Waals surface area (Å²) >= 11 is 1.41. The van der Waals surface area contributed by atoms with Gasteiger partial charge in [-0.3, -0.25) is 14.5 Å². The van der Waals surface area contributed by atoms with E-state index in [-0.39, 0.29) is 17.5 Å². The molecule has 3 rings (SSSR count). The average Bonchev–Trinajstić information content (AvgIpc) is 2.95. The number of anilines is 1. The minimum atomic E-state index is -0.233. The standard InChI is InChI=1S/C16H21N5O2S/c1-3-13(15(23)20-16-17-6-9-24-16)21-7-4-11-12(5-8-21)18-10(2)19-14(11)22/h6,9,13H,3-5,7-8H2,1-2H3,(H,17,20,23)(H,18,19,22)/t13-/m1/s1. The molecule has 0 aromatic carbocycles. The number of hydrogen-bond acceptors (Lipinski definition) is 6.